The fourth-order valence-corrected chi connectivity index (χ4v) is 2.90. The fraction of sp³-hybridized carbons (Fsp3) is 0.417. The molecular weight excluding hydrogens is 236 g/mol. The van der Waals surface area contributed by atoms with Crippen LogP contribution in [0.25, 0.3) is 11.1 Å². The molecule has 0 saturated carbocycles. The summed E-state index contributed by atoms with van der Waals surface area (Å²) in [5.41, 5.74) is 7.76. The lowest BCUT2D eigenvalue weighted by Crippen LogP contribution is -2.40. The van der Waals surface area contributed by atoms with Gasteiger partial charge in [0.15, 0.2) is 5.58 Å². The molecule has 3 rings (SSSR count). The first-order chi connectivity index (χ1) is 8.33. The molecule has 17 heavy (non-hydrogen) atoms. The standard InChI is InChI=1S/C12H14N2O2S/c13-8-5-6-15-7-11(8)17-12-14-9-3-1-2-4-10(9)16-12/h1-4,8,11H,5-7,13H2. The highest BCUT2D eigenvalue weighted by Gasteiger charge is 2.25. The average Bonchev–Trinajstić information content (AvgIpc) is 2.74. The summed E-state index contributed by atoms with van der Waals surface area (Å²) in [5.74, 6) is 0. The first-order valence-corrected chi connectivity index (χ1v) is 6.56. The summed E-state index contributed by atoms with van der Waals surface area (Å²) in [6.45, 7) is 1.43. The molecule has 1 aliphatic heterocycles. The van der Waals surface area contributed by atoms with Crippen LogP contribution in [0.1, 0.15) is 6.42 Å². The van der Waals surface area contributed by atoms with Crippen molar-refractivity contribution in [2.75, 3.05) is 13.2 Å². The van der Waals surface area contributed by atoms with Crippen molar-refractivity contribution in [1.82, 2.24) is 4.98 Å². The number of rotatable bonds is 2. The van der Waals surface area contributed by atoms with E-state index < -0.39 is 0 Å². The number of nitrogens with zero attached hydrogens (tertiary/aromatic N) is 1. The van der Waals surface area contributed by atoms with Crippen LogP contribution in [0.5, 0.6) is 0 Å². The summed E-state index contributed by atoms with van der Waals surface area (Å²) in [5, 5.41) is 0.911. The minimum atomic E-state index is 0.156. The number of benzene rings is 1. The number of hydrogen-bond donors (Lipinski definition) is 1. The first kappa shape index (κ1) is 11.1. The molecule has 2 N–H and O–H groups in total. The highest BCUT2D eigenvalue weighted by molar-refractivity contribution is 7.99. The third-order valence-corrected chi connectivity index (χ3v) is 4.05. The van der Waals surface area contributed by atoms with E-state index >= 15 is 0 Å². The van der Waals surface area contributed by atoms with Crippen molar-refractivity contribution >= 4 is 22.9 Å². The zero-order valence-electron chi connectivity index (χ0n) is 9.33. The molecule has 5 heteroatoms. The molecule has 2 unspecified atom stereocenters. The molecule has 1 fully saturated rings. The maximum absolute atomic E-state index is 6.05. The predicted molar refractivity (Wildman–Crippen MR) is 67.1 cm³/mol. The van der Waals surface area contributed by atoms with Gasteiger partial charge in [-0.1, -0.05) is 23.9 Å². The summed E-state index contributed by atoms with van der Waals surface area (Å²) < 4.78 is 11.1. The number of ether oxygens (including phenoxy) is 1. The van der Waals surface area contributed by atoms with Crippen molar-refractivity contribution in [3.63, 3.8) is 0 Å². The van der Waals surface area contributed by atoms with Gasteiger partial charge in [0.2, 0.25) is 0 Å². The number of fused-ring (bicyclic) bond motifs is 1. The molecule has 0 bridgehead atoms. The maximum atomic E-state index is 6.05. The Hall–Kier alpha value is -1.04. The molecule has 2 heterocycles. The summed E-state index contributed by atoms with van der Waals surface area (Å²) >= 11 is 1.57. The number of hydrogen-bond acceptors (Lipinski definition) is 5. The van der Waals surface area contributed by atoms with Crippen LogP contribution < -0.4 is 5.73 Å². The third kappa shape index (κ3) is 2.31. The van der Waals surface area contributed by atoms with Gasteiger partial charge in [-0.3, -0.25) is 0 Å². The van der Waals surface area contributed by atoms with Gasteiger partial charge in [0.1, 0.15) is 5.52 Å². The zero-order chi connectivity index (χ0) is 11.7. The minimum Gasteiger partial charge on any atom is -0.431 e. The molecule has 1 aliphatic rings. The van der Waals surface area contributed by atoms with Gasteiger partial charge in [0, 0.05) is 12.6 Å². The van der Waals surface area contributed by atoms with Crippen LogP contribution in [0, 0.1) is 0 Å². The quantitative estimate of drug-likeness (QED) is 0.883. The van der Waals surface area contributed by atoms with E-state index in [0.29, 0.717) is 11.8 Å². The van der Waals surface area contributed by atoms with Gasteiger partial charge in [-0.15, -0.1) is 0 Å². The van der Waals surface area contributed by atoms with Crippen molar-refractivity contribution < 1.29 is 9.15 Å². The van der Waals surface area contributed by atoms with E-state index in [4.69, 9.17) is 14.9 Å². The van der Waals surface area contributed by atoms with Gasteiger partial charge in [-0.25, -0.2) is 4.98 Å². The highest BCUT2D eigenvalue weighted by Crippen LogP contribution is 2.29. The van der Waals surface area contributed by atoms with Crippen molar-refractivity contribution in [3.05, 3.63) is 24.3 Å². The van der Waals surface area contributed by atoms with Crippen LogP contribution in [-0.4, -0.2) is 29.5 Å². The molecule has 0 radical (unpaired) electrons. The normalized spacial score (nSPS) is 25.2. The minimum absolute atomic E-state index is 0.156. The average molecular weight is 250 g/mol. The van der Waals surface area contributed by atoms with Crippen LogP contribution in [0.2, 0.25) is 0 Å². The Morgan fingerprint density at radius 1 is 1.35 bits per heavy atom. The fourth-order valence-electron chi connectivity index (χ4n) is 1.88. The summed E-state index contributed by atoms with van der Waals surface area (Å²) in [6, 6.07) is 7.92. The molecule has 1 aromatic carbocycles. The van der Waals surface area contributed by atoms with E-state index in [1.54, 1.807) is 11.8 Å². The Morgan fingerprint density at radius 3 is 3.06 bits per heavy atom. The lowest BCUT2D eigenvalue weighted by atomic mass is 10.1. The largest absolute Gasteiger partial charge is 0.431 e. The van der Waals surface area contributed by atoms with Gasteiger partial charge in [0.05, 0.1) is 11.9 Å². The number of nitrogens with two attached hydrogens (primary N) is 1. The van der Waals surface area contributed by atoms with Crippen molar-refractivity contribution in [2.24, 2.45) is 5.73 Å². The van der Waals surface area contributed by atoms with Crippen molar-refractivity contribution in [1.29, 1.82) is 0 Å². The highest BCUT2D eigenvalue weighted by atomic mass is 32.2. The molecule has 0 spiro atoms. The van der Waals surface area contributed by atoms with E-state index in [1.807, 2.05) is 24.3 Å². The number of thioether (sulfide) groups is 1. The molecule has 0 aliphatic carbocycles. The molecule has 4 nitrogen and oxygen atoms in total. The second-order valence-corrected chi connectivity index (χ2v) is 5.32. The molecule has 90 valence electrons. The van der Waals surface area contributed by atoms with Gasteiger partial charge in [-0.2, -0.15) is 0 Å². The molecule has 2 atom stereocenters. The molecule has 1 saturated heterocycles. The van der Waals surface area contributed by atoms with E-state index in [1.165, 1.54) is 0 Å². The van der Waals surface area contributed by atoms with Gasteiger partial charge >= 0.3 is 0 Å². The summed E-state index contributed by atoms with van der Waals surface area (Å²) in [7, 11) is 0. The SMILES string of the molecule is NC1CCOCC1Sc1nc2ccccc2o1. The zero-order valence-corrected chi connectivity index (χ0v) is 10.2. The van der Waals surface area contributed by atoms with E-state index in [0.717, 1.165) is 24.1 Å². The molecular formula is C12H14N2O2S. The van der Waals surface area contributed by atoms with E-state index in [9.17, 15) is 0 Å². The number of para-hydroxylation sites is 2. The number of aromatic nitrogens is 1. The second-order valence-electron chi connectivity index (χ2n) is 4.13. The second kappa shape index (κ2) is 4.68. The number of oxazole rings is 1. The third-order valence-electron chi connectivity index (χ3n) is 2.88. The van der Waals surface area contributed by atoms with Crippen LogP contribution in [-0.2, 0) is 4.74 Å². The van der Waals surface area contributed by atoms with Gasteiger partial charge in [-0.05, 0) is 18.6 Å². The van der Waals surface area contributed by atoms with Crippen LogP contribution >= 0.6 is 11.8 Å². The Bertz CT molecular complexity index is 481. The Balaban J connectivity index is 1.79. The topological polar surface area (TPSA) is 61.3 Å². The summed E-state index contributed by atoms with van der Waals surface area (Å²) in [6.07, 6.45) is 0.901. The monoisotopic (exact) mass is 250 g/mol. The lowest BCUT2D eigenvalue weighted by Gasteiger charge is -2.26. The van der Waals surface area contributed by atoms with E-state index in [2.05, 4.69) is 4.98 Å². The molecule has 0 amide bonds. The smallest absolute Gasteiger partial charge is 0.257 e. The predicted octanol–water partition coefficient (Wildman–Crippen LogP) is 2.04. The Labute approximate surface area is 104 Å². The lowest BCUT2D eigenvalue weighted by molar-refractivity contribution is 0.0913. The van der Waals surface area contributed by atoms with Crippen LogP contribution in [0.3, 0.4) is 0 Å². The van der Waals surface area contributed by atoms with Crippen LogP contribution in [0.4, 0.5) is 0 Å². The Morgan fingerprint density at radius 2 is 2.24 bits per heavy atom. The first-order valence-electron chi connectivity index (χ1n) is 5.68. The Kier molecular flexibility index (Phi) is 3.05. The maximum Gasteiger partial charge on any atom is 0.257 e. The summed E-state index contributed by atoms with van der Waals surface area (Å²) in [4.78, 5) is 4.43. The van der Waals surface area contributed by atoms with Crippen molar-refractivity contribution in [3.8, 4) is 0 Å². The van der Waals surface area contributed by atoms with E-state index in [-0.39, 0.29) is 11.3 Å². The molecule has 1 aromatic heterocycles. The van der Waals surface area contributed by atoms with Gasteiger partial charge < -0.3 is 14.9 Å². The van der Waals surface area contributed by atoms with Gasteiger partial charge in [0.25, 0.3) is 5.22 Å². The van der Waals surface area contributed by atoms with Crippen LogP contribution in [0.15, 0.2) is 33.9 Å². The van der Waals surface area contributed by atoms with Crippen molar-refractivity contribution in [2.45, 2.75) is 22.9 Å². The molecule has 2 aromatic rings.